The van der Waals surface area contributed by atoms with Crippen LogP contribution < -0.4 is 0 Å². The van der Waals surface area contributed by atoms with Gasteiger partial charge < -0.3 is 4.39 Å². The summed E-state index contributed by atoms with van der Waals surface area (Å²) < 4.78 is 1.72. The quantitative estimate of drug-likeness (QED) is 0.696. The molecular weight excluding hydrogens is 242 g/mol. The highest BCUT2D eigenvalue weighted by Gasteiger charge is 2.37. The molecular formula is C3H9B2Cl4NSi. The van der Waals surface area contributed by atoms with E-state index < -0.39 is 19.6 Å². The summed E-state index contributed by atoms with van der Waals surface area (Å²) in [5.41, 5.74) is -1.25. The third-order valence-corrected chi connectivity index (χ3v) is 4.76. The Labute approximate surface area is 89.3 Å². The maximum Gasteiger partial charge on any atom is 0.418 e. The lowest BCUT2D eigenvalue weighted by Gasteiger charge is -2.33. The van der Waals surface area contributed by atoms with Crippen molar-refractivity contribution in [2.24, 2.45) is 0 Å². The second-order valence-electron chi connectivity index (χ2n) is 3.13. The van der Waals surface area contributed by atoms with Gasteiger partial charge in [-0.25, -0.2) is 0 Å². The number of nitrogens with zero attached hydrogens (tertiary/aromatic N) is 1. The number of halogens is 4. The van der Waals surface area contributed by atoms with Gasteiger partial charge >= 0.3 is 11.4 Å². The lowest BCUT2D eigenvalue weighted by atomic mass is 10.2. The molecule has 0 aliphatic heterocycles. The average Bonchev–Trinajstić information content (AvgIpc) is 1.54. The van der Waals surface area contributed by atoms with Crippen LogP contribution in [0.4, 0.5) is 0 Å². The van der Waals surface area contributed by atoms with Gasteiger partial charge in [-0.1, -0.05) is 19.6 Å². The molecule has 0 N–H and O–H groups in total. The molecule has 0 aromatic carbocycles. The van der Waals surface area contributed by atoms with E-state index in [2.05, 4.69) is 19.6 Å². The second kappa shape index (κ2) is 4.63. The van der Waals surface area contributed by atoms with Gasteiger partial charge in [0.05, 0.1) is 0 Å². The molecule has 0 bridgehead atoms. The number of rotatable bonds is 3. The number of hydrogen-bond acceptors (Lipinski definition) is 1. The summed E-state index contributed by atoms with van der Waals surface area (Å²) >= 11 is 22.7. The molecule has 0 amide bonds. The molecule has 0 aromatic rings. The Morgan fingerprint density at radius 3 is 1.18 bits per heavy atom. The van der Waals surface area contributed by atoms with E-state index in [1.807, 2.05) is 0 Å². The fraction of sp³-hybridized carbons (Fsp3) is 1.00. The summed E-state index contributed by atoms with van der Waals surface area (Å²) in [4.78, 5) is 0. The monoisotopic (exact) mass is 249 g/mol. The van der Waals surface area contributed by atoms with Gasteiger partial charge in [-0.05, 0) is 0 Å². The molecule has 0 aliphatic carbocycles. The van der Waals surface area contributed by atoms with Crippen molar-refractivity contribution in [2.45, 2.75) is 19.6 Å². The normalized spacial score (nSPS) is 12.0. The molecule has 0 fully saturated rings. The van der Waals surface area contributed by atoms with Crippen LogP contribution in [-0.2, 0) is 0 Å². The van der Waals surface area contributed by atoms with Crippen molar-refractivity contribution in [3.63, 3.8) is 0 Å². The predicted molar refractivity (Wildman–Crippen MR) is 60.1 cm³/mol. The largest absolute Gasteiger partial charge is 0.418 e. The third kappa shape index (κ3) is 4.30. The van der Waals surface area contributed by atoms with E-state index in [-0.39, 0.29) is 0 Å². The summed E-state index contributed by atoms with van der Waals surface area (Å²) in [7, 11) is -1.61. The van der Waals surface area contributed by atoms with E-state index in [4.69, 9.17) is 45.8 Å². The van der Waals surface area contributed by atoms with E-state index >= 15 is 0 Å². The van der Waals surface area contributed by atoms with Crippen molar-refractivity contribution in [1.29, 1.82) is 0 Å². The molecule has 0 radical (unpaired) electrons. The van der Waals surface area contributed by atoms with Gasteiger partial charge in [-0.2, -0.15) is 45.8 Å². The molecule has 64 valence electrons. The number of hydrogen-bond donors (Lipinski definition) is 0. The first kappa shape index (κ1) is 12.5. The van der Waals surface area contributed by atoms with Crippen molar-refractivity contribution in [2.75, 3.05) is 0 Å². The van der Waals surface area contributed by atoms with E-state index in [0.717, 1.165) is 0 Å². The third-order valence-electron chi connectivity index (χ3n) is 1.20. The van der Waals surface area contributed by atoms with Crippen LogP contribution in [0.15, 0.2) is 0 Å². The molecule has 8 heteroatoms. The molecule has 0 saturated carbocycles. The Bertz CT molecular complexity index is 119. The molecule has 0 aromatic heterocycles. The van der Waals surface area contributed by atoms with Crippen molar-refractivity contribution in [1.82, 2.24) is 4.39 Å². The van der Waals surface area contributed by atoms with Crippen molar-refractivity contribution >= 4 is 65.4 Å². The molecule has 0 unspecified atom stereocenters. The Morgan fingerprint density at radius 1 is 0.909 bits per heavy atom. The van der Waals surface area contributed by atoms with Gasteiger partial charge in [-0.3, -0.25) is 0 Å². The minimum Gasteiger partial charge on any atom is -0.351 e. The molecule has 0 saturated heterocycles. The first-order valence-electron chi connectivity index (χ1n) is 3.11. The SMILES string of the molecule is C[Si](C)(C)N(B(Cl)Cl)B(Cl)Cl. The summed E-state index contributed by atoms with van der Waals surface area (Å²) in [6.07, 6.45) is 0. The van der Waals surface area contributed by atoms with Crippen LogP contribution in [-0.4, -0.2) is 24.0 Å². The van der Waals surface area contributed by atoms with Gasteiger partial charge in [0.2, 0.25) is 0 Å². The Balaban J connectivity index is 4.35. The summed E-state index contributed by atoms with van der Waals surface area (Å²) in [5, 5.41) is 0. The van der Waals surface area contributed by atoms with E-state index in [0.29, 0.717) is 0 Å². The lowest BCUT2D eigenvalue weighted by molar-refractivity contribution is 1.03. The van der Waals surface area contributed by atoms with Gasteiger partial charge in [0.15, 0.2) is 0 Å². The molecule has 0 atom stereocenters. The van der Waals surface area contributed by atoms with E-state index in [9.17, 15) is 0 Å². The minimum atomic E-state index is -1.61. The van der Waals surface area contributed by atoms with Crippen molar-refractivity contribution in [3.05, 3.63) is 0 Å². The fourth-order valence-corrected chi connectivity index (χ4v) is 6.04. The molecule has 0 rings (SSSR count). The van der Waals surface area contributed by atoms with Crippen LogP contribution in [0.3, 0.4) is 0 Å². The van der Waals surface area contributed by atoms with E-state index in [1.54, 1.807) is 4.39 Å². The van der Waals surface area contributed by atoms with Crippen LogP contribution in [0.5, 0.6) is 0 Å². The van der Waals surface area contributed by atoms with Crippen LogP contribution in [0.25, 0.3) is 0 Å². The average molecular weight is 251 g/mol. The maximum absolute atomic E-state index is 5.68. The first-order valence-corrected chi connectivity index (χ1v) is 8.31. The zero-order chi connectivity index (χ0) is 9.23. The topological polar surface area (TPSA) is 3.24 Å². The summed E-state index contributed by atoms with van der Waals surface area (Å²) in [6.45, 7) is 6.22. The first-order chi connectivity index (χ1) is 4.76. The highest BCUT2D eigenvalue weighted by Crippen LogP contribution is 2.21. The predicted octanol–water partition coefficient (Wildman–Crippen LogP) is 3.05. The molecule has 1 nitrogen and oxygen atoms in total. The standard InChI is InChI=1S/C3H9B2Cl4NSi/c1-11(2,3)10(4(6)7)5(8)9/h1-3H3. The van der Waals surface area contributed by atoms with Crippen LogP contribution >= 0.6 is 45.8 Å². The summed E-state index contributed by atoms with van der Waals surface area (Å²) in [5.74, 6) is 0. The zero-order valence-corrected chi connectivity index (χ0v) is 10.6. The highest BCUT2D eigenvalue weighted by molar-refractivity contribution is 7.45. The Kier molecular flexibility index (Phi) is 5.25. The Morgan fingerprint density at radius 2 is 1.18 bits per heavy atom. The fourth-order valence-electron chi connectivity index (χ4n) is 0.671. The van der Waals surface area contributed by atoms with Gasteiger partial charge in [0.1, 0.15) is 8.24 Å². The van der Waals surface area contributed by atoms with Gasteiger partial charge in [0.25, 0.3) is 0 Å². The van der Waals surface area contributed by atoms with Gasteiger partial charge in [-0.15, -0.1) is 0 Å². The van der Waals surface area contributed by atoms with Crippen LogP contribution in [0, 0.1) is 0 Å². The van der Waals surface area contributed by atoms with Crippen molar-refractivity contribution < 1.29 is 0 Å². The lowest BCUT2D eigenvalue weighted by Crippen LogP contribution is -2.54. The highest BCUT2D eigenvalue weighted by atomic mass is 35.5. The smallest absolute Gasteiger partial charge is 0.351 e. The molecule has 0 aliphatic rings. The maximum atomic E-state index is 5.68. The van der Waals surface area contributed by atoms with Crippen LogP contribution in [0.1, 0.15) is 0 Å². The molecule has 0 spiro atoms. The van der Waals surface area contributed by atoms with E-state index in [1.165, 1.54) is 0 Å². The van der Waals surface area contributed by atoms with Crippen molar-refractivity contribution in [3.8, 4) is 0 Å². The zero-order valence-electron chi connectivity index (χ0n) is 6.61. The Hall–Kier alpha value is 1.47. The second-order valence-corrected chi connectivity index (χ2v) is 10.1. The molecule has 11 heavy (non-hydrogen) atoms. The minimum absolute atomic E-state index is 0.623. The molecule has 0 heterocycles. The van der Waals surface area contributed by atoms with Gasteiger partial charge in [0, 0.05) is 0 Å². The summed E-state index contributed by atoms with van der Waals surface area (Å²) in [6, 6.07) is 0. The van der Waals surface area contributed by atoms with Crippen LogP contribution in [0.2, 0.25) is 19.6 Å².